The third-order valence-corrected chi connectivity index (χ3v) is 3.35. The molecule has 1 heterocycles. The van der Waals surface area contributed by atoms with Crippen molar-refractivity contribution >= 4 is 23.4 Å². The number of thioether (sulfide) groups is 1. The minimum Gasteiger partial charge on any atom is -0.325 e. The van der Waals surface area contributed by atoms with Gasteiger partial charge in [-0.15, -0.1) is 5.10 Å². The van der Waals surface area contributed by atoms with E-state index in [4.69, 9.17) is 0 Å². The molecule has 0 saturated carbocycles. The maximum atomic E-state index is 12.9. The summed E-state index contributed by atoms with van der Waals surface area (Å²) in [7, 11) is 1.51. The van der Waals surface area contributed by atoms with Crippen LogP contribution < -0.4 is 11.0 Å². The fourth-order valence-electron chi connectivity index (χ4n) is 1.41. The molecule has 106 valence electrons. The number of hydrogen-bond acceptors (Lipinski definition) is 4. The van der Waals surface area contributed by atoms with Crippen LogP contribution in [-0.2, 0) is 11.8 Å². The predicted octanol–water partition coefficient (Wildman–Crippen LogP) is 1.12. The van der Waals surface area contributed by atoms with Crippen LogP contribution in [0.2, 0.25) is 0 Å². The number of anilines is 1. The number of H-pyrrole nitrogens is 1. The zero-order valence-electron chi connectivity index (χ0n) is 10.3. The summed E-state index contributed by atoms with van der Waals surface area (Å²) in [5, 5.41) is 8.64. The number of rotatable bonds is 4. The molecule has 0 saturated heterocycles. The van der Waals surface area contributed by atoms with E-state index < -0.39 is 17.5 Å². The lowest BCUT2D eigenvalue weighted by atomic mass is 10.3. The van der Waals surface area contributed by atoms with Crippen LogP contribution in [0.1, 0.15) is 0 Å². The highest BCUT2D eigenvalue weighted by atomic mass is 32.2. The van der Waals surface area contributed by atoms with Crippen LogP contribution in [-0.4, -0.2) is 26.4 Å². The van der Waals surface area contributed by atoms with Gasteiger partial charge < -0.3 is 5.32 Å². The fraction of sp³-hybridized carbons (Fsp3) is 0.182. The molecule has 2 aromatic rings. The molecule has 2 rings (SSSR count). The van der Waals surface area contributed by atoms with Gasteiger partial charge in [-0.25, -0.2) is 18.7 Å². The second-order valence-electron chi connectivity index (χ2n) is 3.87. The summed E-state index contributed by atoms with van der Waals surface area (Å²) in [6, 6.07) is 2.73. The second-order valence-corrected chi connectivity index (χ2v) is 4.81. The summed E-state index contributed by atoms with van der Waals surface area (Å²) in [4.78, 5) is 22.7. The van der Waals surface area contributed by atoms with Crippen molar-refractivity contribution in [3.63, 3.8) is 0 Å². The van der Waals surface area contributed by atoms with Gasteiger partial charge in [0.1, 0.15) is 11.6 Å². The molecular weight excluding hydrogens is 290 g/mol. The van der Waals surface area contributed by atoms with Crippen molar-refractivity contribution in [3.05, 3.63) is 40.3 Å². The lowest BCUT2D eigenvalue weighted by molar-refractivity contribution is -0.113. The van der Waals surface area contributed by atoms with E-state index in [1.54, 1.807) is 0 Å². The predicted molar refractivity (Wildman–Crippen MR) is 69.5 cm³/mol. The van der Waals surface area contributed by atoms with Crippen molar-refractivity contribution in [1.29, 1.82) is 0 Å². The quantitative estimate of drug-likeness (QED) is 0.829. The van der Waals surface area contributed by atoms with Crippen molar-refractivity contribution in [2.45, 2.75) is 5.16 Å². The van der Waals surface area contributed by atoms with Crippen LogP contribution in [0.25, 0.3) is 0 Å². The van der Waals surface area contributed by atoms with Gasteiger partial charge in [-0.05, 0) is 12.1 Å². The van der Waals surface area contributed by atoms with Crippen molar-refractivity contribution in [2.24, 2.45) is 7.05 Å². The number of hydrogen-bond donors (Lipinski definition) is 2. The molecule has 0 spiro atoms. The summed E-state index contributed by atoms with van der Waals surface area (Å²) in [5.74, 6) is -2.06. The highest BCUT2D eigenvalue weighted by Crippen LogP contribution is 2.15. The average molecular weight is 300 g/mol. The molecule has 0 bridgehead atoms. The van der Waals surface area contributed by atoms with Crippen molar-refractivity contribution in [1.82, 2.24) is 14.8 Å². The van der Waals surface area contributed by atoms with Crippen LogP contribution in [0.5, 0.6) is 0 Å². The minimum atomic E-state index is -0.775. The van der Waals surface area contributed by atoms with Crippen LogP contribution in [0.3, 0.4) is 0 Å². The minimum absolute atomic E-state index is 0.0315. The molecule has 20 heavy (non-hydrogen) atoms. The molecule has 1 aromatic heterocycles. The molecule has 0 unspecified atom stereocenters. The van der Waals surface area contributed by atoms with Gasteiger partial charge in [0.05, 0.1) is 5.75 Å². The molecule has 0 aliphatic rings. The normalized spacial score (nSPS) is 10.6. The van der Waals surface area contributed by atoms with E-state index >= 15 is 0 Å². The molecular formula is C11H10F2N4O2S. The van der Waals surface area contributed by atoms with Gasteiger partial charge in [0.2, 0.25) is 5.91 Å². The molecule has 0 radical (unpaired) electrons. The average Bonchev–Trinajstić information content (AvgIpc) is 2.66. The van der Waals surface area contributed by atoms with Crippen LogP contribution in [0.15, 0.2) is 28.2 Å². The summed E-state index contributed by atoms with van der Waals surface area (Å²) in [5.41, 5.74) is -0.357. The Hall–Kier alpha value is -2.16. The Balaban J connectivity index is 1.96. The monoisotopic (exact) mass is 300 g/mol. The van der Waals surface area contributed by atoms with Crippen molar-refractivity contribution < 1.29 is 13.6 Å². The topological polar surface area (TPSA) is 79.8 Å². The van der Waals surface area contributed by atoms with E-state index in [0.717, 1.165) is 23.9 Å². The smallest absolute Gasteiger partial charge is 0.325 e. The maximum absolute atomic E-state index is 12.9. The first-order chi connectivity index (χ1) is 9.45. The summed E-state index contributed by atoms with van der Waals surface area (Å²) < 4.78 is 27.1. The van der Waals surface area contributed by atoms with E-state index in [1.165, 1.54) is 11.6 Å². The Kier molecular flexibility index (Phi) is 4.18. The molecule has 0 fully saturated rings. The molecule has 1 amide bonds. The number of aromatic nitrogens is 3. The Morgan fingerprint density at radius 3 is 2.60 bits per heavy atom. The fourth-order valence-corrected chi connectivity index (χ4v) is 2.13. The van der Waals surface area contributed by atoms with E-state index in [0.29, 0.717) is 11.2 Å². The largest absolute Gasteiger partial charge is 0.343 e. The first-order valence-corrected chi connectivity index (χ1v) is 6.44. The van der Waals surface area contributed by atoms with Crippen LogP contribution in [0, 0.1) is 11.6 Å². The molecule has 6 nitrogen and oxygen atoms in total. The lowest BCUT2D eigenvalue weighted by Gasteiger charge is -2.05. The van der Waals surface area contributed by atoms with Gasteiger partial charge in [0, 0.05) is 18.8 Å². The van der Waals surface area contributed by atoms with Crippen molar-refractivity contribution in [3.8, 4) is 0 Å². The number of nitrogens with zero attached hydrogens (tertiary/aromatic N) is 2. The Bertz CT molecular complexity index is 678. The molecule has 9 heteroatoms. The van der Waals surface area contributed by atoms with Crippen molar-refractivity contribution in [2.75, 3.05) is 11.1 Å². The zero-order chi connectivity index (χ0) is 14.7. The first-order valence-electron chi connectivity index (χ1n) is 5.46. The Morgan fingerprint density at radius 1 is 1.40 bits per heavy atom. The van der Waals surface area contributed by atoms with E-state index in [1.807, 2.05) is 0 Å². The number of nitrogens with one attached hydrogen (secondary N) is 2. The maximum Gasteiger partial charge on any atom is 0.343 e. The molecule has 0 aliphatic carbocycles. The van der Waals surface area contributed by atoms with E-state index in [-0.39, 0.29) is 17.1 Å². The zero-order valence-corrected chi connectivity index (χ0v) is 11.1. The number of benzene rings is 1. The number of halogens is 2. The Labute approximate surface area is 116 Å². The number of amides is 1. The Morgan fingerprint density at radius 2 is 2.05 bits per heavy atom. The standard InChI is InChI=1S/C11H10F2N4O2S/c1-17-10(19)15-16-11(17)20-5-9(18)14-8-3-6(12)2-7(13)4-8/h2-4H,5H2,1H3,(H,14,18)(H,15,19). The molecule has 1 aromatic carbocycles. The van der Waals surface area contributed by atoms with E-state index in [9.17, 15) is 18.4 Å². The molecule has 0 atom stereocenters. The van der Waals surface area contributed by atoms with Gasteiger partial charge in [-0.3, -0.25) is 9.36 Å². The lowest BCUT2D eigenvalue weighted by Crippen LogP contribution is -2.16. The summed E-state index contributed by atoms with van der Waals surface area (Å²) in [6.45, 7) is 0. The van der Waals surface area contributed by atoms with Gasteiger partial charge in [0.25, 0.3) is 0 Å². The third kappa shape index (κ3) is 3.44. The first kappa shape index (κ1) is 14.3. The summed E-state index contributed by atoms with van der Waals surface area (Å²) in [6.07, 6.45) is 0. The number of carbonyl (C=O) groups excluding carboxylic acids is 1. The van der Waals surface area contributed by atoms with Gasteiger partial charge in [-0.2, -0.15) is 0 Å². The molecule has 2 N–H and O–H groups in total. The van der Waals surface area contributed by atoms with E-state index in [2.05, 4.69) is 15.5 Å². The highest BCUT2D eigenvalue weighted by Gasteiger charge is 2.09. The summed E-state index contributed by atoms with van der Waals surface area (Å²) >= 11 is 1.02. The third-order valence-electron chi connectivity index (χ3n) is 2.32. The molecule has 0 aliphatic heterocycles. The van der Waals surface area contributed by atoms with Gasteiger partial charge >= 0.3 is 5.69 Å². The van der Waals surface area contributed by atoms with Gasteiger partial charge in [-0.1, -0.05) is 11.8 Å². The highest BCUT2D eigenvalue weighted by molar-refractivity contribution is 7.99. The van der Waals surface area contributed by atoms with Gasteiger partial charge in [0.15, 0.2) is 5.16 Å². The van der Waals surface area contributed by atoms with Crippen LogP contribution >= 0.6 is 11.8 Å². The number of aromatic amines is 1. The van der Waals surface area contributed by atoms with Crippen LogP contribution in [0.4, 0.5) is 14.5 Å². The number of carbonyl (C=O) groups is 1. The SMILES string of the molecule is Cn1c(SCC(=O)Nc2cc(F)cc(F)c2)n[nH]c1=O. The second kappa shape index (κ2) is 5.87.